The standard InChI is InChI=1S/C31H37Cl2N7O3/c1-4-35-25(41)19-38(3)24-18-26(39-16-14-31(15-17-39,30(34)42)43-5-2)40-29(36-24)27(20-10-12-21(32)13-11-20)28(37-40)22-8-6-7-9-23(22)33/h6-13,18,24,36H,4-5,14-17,19H2,1-3H3,(H2,34,42)(H,35,41). The van der Waals surface area contributed by atoms with E-state index < -0.39 is 11.5 Å². The Morgan fingerprint density at radius 3 is 2.47 bits per heavy atom. The fraction of sp³-hybridized carbons (Fsp3) is 0.387. The monoisotopic (exact) mass is 625 g/mol. The first-order chi connectivity index (χ1) is 20.7. The molecule has 5 rings (SSSR count). The molecule has 228 valence electrons. The Morgan fingerprint density at radius 2 is 1.84 bits per heavy atom. The van der Waals surface area contributed by atoms with E-state index in [4.69, 9.17) is 38.8 Å². The van der Waals surface area contributed by atoms with Crippen molar-refractivity contribution in [1.82, 2.24) is 24.9 Å². The Kier molecular flexibility index (Phi) is 9.31. The molecule has 2 aromatic carbocycles. The van der Waals surface area contributed by atoms with E-state index >= 15 is 0 Å². The topological polar surface area (TPSA) is 118 Å². The summed E-state index contributed by atoms with van der Waals surface area (Å²) in [5.74, 6) is 1.05. The first-order valence-corrected chi connectivity index (χ1v) is 15.2. The number of carbonyl (C=O) groups excluding carboxylic acids is 2. The van der Waals surface area contributed by atoms with Crippen LogP contribution in [0.3, 0.4) is 0 Å². The maximum absolute atomic E-state index is 12.6. The number of likely N-dealkylation sites (N-methyl/N-ethyl adjacent to an activating group) is 2. The second kappa shape index (κ2) is 13.0. The number of hydrogen-bond donors (Lipinski definition) is 3. The van der Waals surface area contributed by atoms with Crippen LogP contribution in [-0.2, 0) is 14.3 Å². The number of nitrogens with two attached hydrogens (primary N) is 1. The normalized spacial score (nSPS) is 17.7. The van der Waals surface area contributed by atoms with Gasteiger partial charge in [0.15, 0.2) is 0 Å². The highest BCUT2D eigenvalue weighted by molar-refractivity contribution is 6.33. The summed E-state index contributed by atoms with van der Waals surface area (Å²) in [6.07, 6.45) is 2.59. The van der Waals surface area contributed by atoms with Crippen LogP contribution in [0.5, 0.6) is 0 Å². The number of hydrogen-bond acceptors (Lipinski definition) is 7. The number of piperidine rings is 1. The van der Waals surface area contributed by atoms with Crippen LogP contribution in [0.25, 0.3) is 28.2 Å². The summed E-state index contributed by atoms with van der Waals surface area (Å²) in [5.41, 5.74) is 8.05. The van der Waals surface area contributed by atoms with Crippen LogP contribution in [0.15, 0.2) is 54.6 Å². The van der Waals surface area contributed by atoms with Crippen LogP contribution in [0.4, 0.5) is 5.82 Å². The molecular weight excluding hydrogens is 589 g/mol. The highest BCUT2D eigenvalue weighted by Crippen LogP contribution is 2.44. The Morgan fingerprint density at radius 1 is 1.14 bits per heavy atom. The molecule has 1 saturated heterocycles. The number of anilines is 1. The second-order valence-corrected chi connectivity index (χ2v) is 11.6. The zero-order chi connectivity index (χ0) is 30.7. The smallest absolute Gasteiger partial charge is 0.249 e. The molecule has 4 N–H and O–H groups in total. The summed E-state index contributed by atoms with van der Waals surface area (Å²) in [6.45, 7) is 5.95. The van der Waals surface area contributed by atoms with E-state index in [1.54, 1.807) is 0 Å². The number of likely N-dealkylation sites (tertiary alicyclic amines) is 1. The van der Waals surface area contributed by atoms with Gasteiger partial charge < -0.3 is 26.0 Å². The Labute approximate surface area is 261 Å². The van der Waals surface area contributed by atoms with E-state index in [2.05, 4.69) is 21.6 Å². The van der Waals surface area contributed by atoms with Gasteiger partial charge in [-0.1, -0.05) is 53.5 Å². The highest BCUT2D eigenvalue weighted by Gasteiger charge is 2.42. The number of ether oxygens (including phenoxy) is 1. The molecule has 2 aliphatic heterocycles. The minimum atomic E-state index is -1.00. The number of nitrogens with zero attached hydrogens (tertiary/aromatic N) is 4. The van der Waals surface area contributed by atoms with Gasteiger partial charge in [0.2, 0.25) is 11.8 Å². The zero-order valence-electron chi connectivity index (χ0n) is 24.6. The van der Waals surface area contributed by atoms with Crippen molar-refractivity contribution in [1.29, 1.82) is 0 Å². The summed E-state index contributed by atoms with van der Waals surface area (Å²) in [7, 11) is 1.90. The molecule has 0 bridgehead atoms. The largest absolute Gasteiger partial charge is 0.367 e. The van der Waals surface area contributed by atoms with E-state index in [9.17, 15) is 9.59 Å². The number of nitrogens with one attached hydrogen (secondary N) is 2. The summed E-state index contributed by atoms with van der Waals surface area (Å²) < 4.78 is 7.78. The van der Waals surface area contributed by atoms with Crippen molar-refractivity contribution in [3.63, 3.8) is 0 Å². The van der Waals surface area contributed by atoms with E-state index in [1.807, 2.05) is 79.0 Å². The Bertz CT molecular complexity index is 1510. The molecular formula is C31H37Cl2N7O3. The molecule has 12 heteroatoms. The summed E-state index contributed by atoms with van der Waals surface area (Å²) >= 11 is 13.0. The van der Waals surface area contributed by atoms with Crippen molar-refractivity contribution in [2.24, 2.45) is 5.73 Å². The van der Waals surface area contributed by atoms with Crippen molar-refractivity contribution in [2.75, 3.05) is 45.2 Å². The number of amides is 2. The van der Waals surface area contributed by atoms with Gasteiger partial charge in [-0.25, -0.2) is 4.68 Å². The predicted octanol–water partition coefficient (Wildman–Crippen LogP) is 4.50. The lowest BCUT2D eigenvalue weighted by Gasteiger charge is -2.42. The van der Waals surface area contributed by atoms with Gasteiger partial charge >= 0.3 is 0 Å². The number of primary amides is 1. The average molecular weight is 627 g/mol. The van der Waals surface area contributed by atoms with Crippen molar-refractivity contribution < 1.29 is 14.3 Å². The first-order valence-electron chi connectivity index (χ1n) is 14.5. The van der Waals surface area contributed by atoms with E-state index in [0.29, 0.717) is 54.8 Å². The average Bonchev–Trinajstić information content (AvgIpc) is 3.37. The highest BCUT2D eigenvalue weighted by atomic mass is 35.5. The SMILES string of the molecule is CCNC(=O)CN(C)C1C=C(N2CCC(OCC)(C(N)=O)CC2)n2nc(-c3ccccc3Cl)c(-c3ccc(Cl)cc3)c2N1. The fourth-order valence-corrected chi connectivity index (χ4v) is 6.08. The number of rotatable bonds is 10. The molecule has 0 radical (unpaired) electrons. The van der Waals surface area contributed by atoms with Crippen molar-refractivity contribution in [2.45, 2.75) is 38.5 Å². The van der Waals surface area contributed by atoms with Crippen molar-refractivity contribution >= 4 is 46.7 Å². The predicted molar refractivity (Wildman–Crippen MR) is 170 cm³/mol. The maximum Gasteiger partial charge on any atom is 0.249 e. The molecule has 0 spiro atoms. The molecule has 3 heterocycles. The number of benzene rings is 2. The molecule has 3 aromatic rings. The number of fused-ring (bicyclic) bond motifs is 1. The van der Waals surface area contributed by atoms with E-state index in [-0.39, 0.29) is 18.6 Å². The van der Waals surface area contributed by atoms with Gasteiger partial charge in [-0.15, -0.1) is 0 Å². The van der Waals surface area contributed by atoms with Gasteiger partial charge in [0.1, 0.15) is 29.1 Å². The number of halogens is 2. The molecule has 1 fully saturated rings. The molecule has 10 nitrogen and oxygen atoms in total. The lowest BCUT2D eigenvalue weighted by atomic mass is 9.90. The lowest BCUT2D eigenvalue weighted by Crippen LogP contribution is -2.54. The molecule has 43 heavy (non-hydrogen) atoms. The molecule has 1 unspecified atom stereocenters. The van der Waals surface area contributed by atoms with Crippen LogP contribution in [0.2, 0.25) is 10.0 Å². The molecule has 1 aromatic heterocycles. The quantitative estimate of drug-likeness (QED) is 0.304. The molecule has 1 atom stereocenters. The summed E-state index contributed by atoms with van der Waals surface area (Å²) in [4.78, 5) is 29.1. The van der Waals surface area contributed by atoms with Crippen molar-refractivity contribution in [3.05, 3.63) is 64.7 Å². The van der Waals surface area contributed by atoms with Crippen LogP contribution in [-0.4, -0.2) is 83.0 Å². The molecule has 0 saturated carbocycles. The van der Waals surface area contributed by atoms with Gasteiger partial charge in [-0.3, -0.25) is 14.5 Å². The van der Waals surface area contributed by atoms with Gasteiger partial charge in [-0.05, 0) is 50.7 Å². The molecule has 2 amide bonds. The Hall–Kier alpha value is -3.57. The van der Waals surface area contributed by atoms with E-state index in [0.717, 1.165) is 28.3 Å². The van der Waals surface area contributed by atoms with Crippen LogP contribution >= 0.6 is 23.2 Å². The maximum atomic E-state index is 12.6. The Balaban J connectivity index is 1.63. The van der Waals surface area contributed by atoms with Gasteiger partial charge in [-0.2, -0.15) is 5.10 Å². The third-order valence-corrected chi connectivity index (χ3v) is 8.54. The van der Waals surface area contributed by atoms with E-state index in [1.165, 1.54) is 0 Å². The summed E-state index contributed by atoms with van der Waals surface area (Å²) in [5, 5.41) is 12.8. The zero-order valence-corrected chi connectivity index (χ0v) is 26.1. The van der Waals surface area contributed by atoms with Crippen LogP contribution in [0.1, 0.15) is 26.7 Å². The minimum absolute atomic E-state index is 0.0727. The fourth-order valence-electron chi connectivity index (χ4n) is 5.73. The number of carbonyl (C=O) groups is 2. The third-order valence-electron chi connectivity index (χ3n) is 7.96. The minimum Gasteiger partial charge on any atom is -0.367 e. The van der Waals surface area contributed by atoms with Gasteiger partial charge in [0.25, 0.3) is 0 Å². The van der Waals surface area contributed by atoms with Gasteiger partial charge in [0, 0.05) is 49.7 Å². The number of aromatic nitrogens is 2. The van der Waals surface area contributed by atoms with Crippen LogP contribution in [0, 0.1) is 0 Å². The van der Waals surface area contributed by atoms with Crippen LogP contribution < -0.4 is 16.4 Å². The molecule has 0 aliphatic carbocycles. The third kappa shape index (κ3) is 6.24. The van der Waals surface area contributed by atoms with Gasteiger partial charge in [0.05, 0.1) is 17.1 Å². The molecule has 2 aliphatic rings. The second-order valence-electron chi connectivity index (χ2n) is 10.7. The first kappa shape index (κ1) is 30.9. The summed E-state index contributed by atoms with van der Waals surface area (Å²) in [6, 6.07) is 15.2. The van der Waals surface area contributed by atoms with Crippen molar-refractivity contribution in [3.8, 4) is 22.4 Å². The lowest BCUT2D eigenvalue weighted by molar-refractivity contribution is -0.149.